The molecule has 2 aromatic heterocycles. The maximum absolute atomic E-state index is 13.0. The molecule has 14 nitrogen and oxygen atoms in total. The highest BCUT2D eigenvalue weighted by atomic mass is 16.5. The Morgan fingerprint density at radius 2 is 2.11 bits per heavy atom. The van der Waals surface area contributed by atoms with Crippen LogP contribution >= 0.6 is 0 Å². The molecule has 38 heavy (non-hydrogen) atoms. The van der Waals surface area contributed by atoms with Crippen LogP contribution in [0.1, 0.15) is 13.8 Å². The Balaban J connectivity index is 1.62. The monoisotopic (exact) mass is 525 g/mol. The minimum Gasteiger partial charge on any atom is -0.493 e. The number of hydrogen-bond donors (Lipinski definition) is 2. The number of nitrogens with zero attached hydrogens (tertiary/aromatic N) is 7. The van der Waals surface area contributed by atoms with Crippen molar-refractivity contribution in [2.24, 2.45) is 5.92 Å². The molecule has 3 heterocycles. The Morgan fingerprint density at radius 1 is 1.26 bits per heavy atom. The second kappa shape index (κ2) is 12.2. The zero-order valence-electron chi connectivity index (χ0n) is 21.5. The molecule has 0 aliphatic carbocycles. The van der Waals surface area contributed by atoms with Gasteiger partial charge >= 0.3 is 0 Å². The number of hydrogen-bond acceptors (Lipinski definition) is 9. The second-order valence-electron chi connectivity index (χ2n) is 9.06. The topological polar surface area (TPSA) is 158 Å². The van der Waals surface area contributed by atoms with Gasteiger partial charge < -0.3 is 29.6 Å². The maximum Gasteiger partial charge on any atom is 0.245 e. The molecular weight excluding hydrogens is 494 g/mol. The van der Waals surface area contributed by atoms with E-state index in [1.54, 1.807) is 19.4 Å². The molecule has 202 valence electrons. The Kier molecular flexibility index (Phi) is 8.51. The summed E-state index contributed by atoms with van der Waals surface area (Å²) < 4.78 is 14.7. The molecular formula is C24H31N9O5. The van der Waals surface area contributed by atoms with Crippen molar-refractivity contribution in [3.05, 3.63) is 36.9 Å². The van der Waals surface area contributed by atoms with Crippen LogP contribution in [0.5, 0.6) is 11.5 Å². The number of benzene rings is 1. The van der Waals surface area contributed by atoms with E-state index in [2.05, 4.69) is 31.1 Å². The smallest absolute Gasteiger partial charge is 0.245 e. The van der Waals surface area contributed by atoms with Crippen LogP contribution in [0.4, 0.5) is 0 Å². The van der Waals surface area contributed by atoms with Gasteiger partial charge in [-0.25, -0.2) is 9.67 Å². The molecule has 2 bridgehead atoms. The van der Waals surface area contributed by atoms with Gasteiger partial charge in [0.05, 0.1) is 20.2 Å². The van der Waals surface area contributed by atoms with Crippen LogP contribution in [0.2, 0.25) is 0 Å². The van der Waals surface area contributed by atoms with Gasteiger partial charge in [0.25, 0.3) is 0 Å². The minimum absolute atomic E-state index is 0.0803. The summed E-state index contributed by atoms with van der Waals surface area (Å²) in [5, 5.41) is 16.5. The lowest BCUT2D eigenvalue weighted by molar-refractivity contribution is -0.138. The van der Waals surface area contributed by atoms with Crippen molar-refractivity contribution in [1.82, 2.24) is 45.3 Å². The number of aromatic nitrogens is 6. The van der Waals surface area contributed by atoms with E-state index < -0.39 is 11.9 Å². The molecule has 1 aromatic carbocycles. The van der Waals surface area contributed by atoms with E-state index in [4.69, 9.17) is 9.47 Å². The number of methoxy groups -OCH3 is 1. The SMILES string of the molecule is COc1ccc2cc1OCCN(C(=O)Cn1cnnn1)CC(=O)N[C@H](C(C)C)C(=O)NCCn1ccnc1-2. The van der Waals surface area contributed by atoms with E-state index in [-0.39, 0.29) is 44.0 Å². The first-order chi connectivity index (χ1) is 18.4. The highest BCUT2D eigenvalue weighted by Gasteiger charge is 2.26. The molecule has 4 rings (SSSR count). The summed E-state index contributed by atoms with van der Waals surface area (Å²) in [7, 11) is 1.54. The molecule has 3 amide bonds. The van der Waals surface area contributed by atoms with Crippen LogP contribution in [-0.2, 0) is 27.5 Å². The van der Waals surface area contributed by atoms with E-state index >= 15 is 0 Å². The first kappa shape index (κ1) is 26.6. The predicted molar refractivity (Wildman–Crippen MR) is 134 cm³/mol. The number of nitrogens with one attached hydrogen (secondary N) is 2. The number of carbonyl (C=O) groups is 3. The van der Waals surface area contributed by atoms with E-state index in [9.17, 15) is 14.4 Å². The summed E-state index contributed by atoms with van der Waals surface area (Å²) in [6.07, 6.45) is 4.83. The van der Waals surface area contributed by atoms with Crippen molar-refractivity contribution < 1.29 is 23.9 Å². The molecule has 1 aliphatic heterocycles. The molecule has 3 aromatic rings. The predicted octanol–water partition coefficient (Wildman–Crippen LogP) is -0.277. The van der Waals surface area contributed by atoms with E-state index in [0.717, 1.165) is 5.56 Å². The first-order valence-corrected chi connectivity index (χ1v) is 12.2. The van der Waals surface area contributed by atoms with Gasteiger partial charge in [0.1, 0.15) is 31.3 Å². The Labute approximate surface area is 219 Å². The van der Waals surface area contributed by atoms with Crippen LogP contribution in [0.3, 0.4) is 0 Å². The average Bonchev–Trinajstić information content (AvgIpc) is 3.58. The lowest BCUT2D eigenvalue weighted by Crippen LogP contribution is -2.53. The number of rotatable bonds is 4. The van der Waals surface area contributed by atoms with Gasteiger partial charge in [-0.05, 0) is 34.5 Å². The van der Waals surface area contributed by atoms with Gasteiger partial charge in [0.15, 0.2) is 11.5 Å². The number of ether oxygens (including phenoxy) is 2. The molecule has 0 saturated heterocycles. The highest BCUT2D eigenvalue weighted by Crippen LogP contribution is 2.32. The van der Waals surface area contributed by atoms with Crippen molar-refractivity contribution in [3.8, 4) is 22.9 Å². The van der Waals surface area contributed by atoms with Crippen molar-refractivity contribution >= 4 is 17.7 Å². The maximum atomic E-state index is 13.0. The fourth-order valence-electron chi connectivity index (χ4n) is 4.06. The summed E-state index contributed by atoms with van der Waals surface area (Å²) in [4.78, 5) is 44.8. The zero-order valence-corrected chi connectivity index (χ0v) is 21.5. The number of fused-ring (bicyclic) bond motifs is 4. The van der Waals surface area contributed by atoms with Crippen molar-refractivity contribution in [1.29, 1.82) is 0 Å². The van der Waals surface area contributed by atoms with Crippen molar-refractivity contribution in [3.63, 3.8) is 0 Å². The standard InChI is InChI=1S/C24H31N9O5/c1-16(2)22-24(36)26-7-9-31-8-6-25-23(31)17-4-5-18(37-3)19(12-17)38-11-10-32(13-20(34)28-22)21(35)14-33-15-27-29-30-33/h4-6,8,12,15-16,22H,7,9-11,13-14H2,1-3H3,(H,26,36)(H,28,34)/t22-/m1/s1. The van der Waals surface area contributed by atoms with Crippen LogP contribution in [-0.4, -0.2) is 91.8 Å². The minimum atomic E-state index is -0.771. The summed E-state index contributed by atoms with van der Waals surface area (Å²) in [6, 6.07) is 4.69. The number of amides is 3. The summed E-state index contributed by atoms with van der Waals surface area (Å²) in [5.41, 5.74) is 0.796. The normalized spacial score (nSPS) is 17.2. The van der Waals surface area contributed by atoms with Gasteiger partial charge in [-0.2, -0.15) is 0 Å². The molecule has 0 saturated carbocycles. The molecule has 0 fully saturated rings. The highest BCUT2D eigenvalue weighted by molar-refractivity contribution is 5.90. The van der Waals surface area contributed by atoms with Crippen molar-refractivity contribution in [2.75, 3.05) is 33.4 Å². The van der Waals surface area contributed by atoms with Gasteiger partial charge in [-0.3, -0.25) is 14.4 Å². The molecule has 14 heteroatoms. The van der Waals surface area contributed by atoms with Gasteiger partial charge in [-0.1, -0.05) is 13.8 Å². The summed E-state index contributed by atoms with van der Waals surface area (Å²) in [6.45, 7) is 4.24. The second-order valence-corrected chi connectivity index (χ2v) is 9.06. The van der Waals surface area contributed by atoms with E-state index in [0.29, 0.717) is 30.4 Å². The molecule has 0 unspecified atom stereocenters. The quantitative estimate of drug-likeness (QED) is 0.467. The lowest BCUT2D eigenvalue weighted by Gasteiger charge is -2.25. The Hall–Kier alpha value is -4.49. The third-order valence-corrected chi connectivity index (χ3v) is 6.05. The number of carbonyl (C=O) groups excluding carboxylic acids is 3. The molecule has 1 atom stereocenters. The van der Waals surface area contributed by atoms with Crippen LogP contribution in [0, 0.1) is 5.92 Å². The fraction of sp³-hybridized carbons (Fsp3) is 0.458. The first-order valence-electron chi connectivity index (χ1n) is 12.2. The van der Waals surface area contributed by atoms with Crippen LogP contribution in [0.25, 0.3) is 11.4 Å². The van der Waals surface area contributed by atoms with Gasteiger partial charge in [0, 0.05) is 31.0 Å². The van der Waals surface area contributed by atoms with Gasteiger partial charge in [-0.15, -0.1) is 5.10 Å². The number of imidazole rings is 1. The van der Waals surface area contributed by atoms with Crippen LogP contribution < -0.4 is 20.1 Å². The van der Waals surface area contributed by atoms with Gasteiger partial charge in [0.2, 0.25) is 17.7 Å². The lowest BCUT2D eigenvalue weighted by atomic mass is 10.0. The summed E-state index contributed by atoms with van der Waals surface area (Å²) >= 11 is 0. The Bertz CT molecular complexity index is 1260. The number of tetrazole rings is 1. The molecule has 2 N–H and O–H groups in total. The average molecular weight is 526 g/mol. The molecule has 1 aliphatic rings. The third kappa shape index (κ3) is 6.44. The van der Waals surface area contributed by atoms with E-state index in [1.807, 2.05) is 36.7 Å². The van der Waals surface area contributed by atoms with Crippen molar-refractivity contribution in [2.45, 2.75) is 33.0 Å². The zero-order chi connectivity index (χ0) is 27.1. The molecule has 0 spiro atoms. The third-order valence-electron chi connectivity index (χ3n) is 6.05. The van der Waals surface area contributed by atoms with Crippen LogP contribution in [0.15, 0.2) is 36.9 Å². The fourth-order valence-corrected chi connectivity index (χ4v) is 4.06. The summed E-state index contributed by atoms with van der Waals surface area (Å²) in [5.74, 6) is 0.346. The Morgan fingerprint density at radius 3 is 2.84 bits per heavy atom. The van der Waals surface area contributed by atoms with E-state index in [1.165, 1.54) is 15.9 Å². The molecule has 0 radical (unpaired) electrons. The largest absolute Gasteiger partial charge is 0.493 e.